The number of methoxy groups -OCH3 is 1. The van der Waals surface area contributed by atoms with Gasteiger partial charge in [-0.25, -0.2) is 0 Å². The average molecular weight is 382 g/mol. The summed E-state index contributed by atoms with van der Waals surface area (Å²) >= 11 is 0. The van der Waals surface area contributed by atoms with Gasteiger partial charge in [0, 0.05) is 58.9 Å². The second-order valence-electron chi connectivity index (χ2n) is 8.05. The van der Waals surface area contributed by atoms with Gasteiger partial charge in [-0.2, -0.15) is 0 Å². The number of carbonyl (C=O) groups excluding carboxylic acids is 1. The highest BCUT2D eigenvalue weighted by molar-refractivity contribution is 5.82. The van der Waals surface area contributed by atoms with E-state index in [4.69, 9.17) is 9.73 Å². The molecule has 2 rings (SSSR count). The van der Waals surface area contributed by atoms with Crippen molar-refractivity contribution in [2.45, 2.75) is 27.7 Å². The molecule has 2 aliphatic heterocycles. The minimum absolute atomic E-state index is 0.0638. The van der Waals surface area contributed by atoms with Crippen molar-refractivity contribution in [1.82, 2.24) is 20.0 Å². The maximum Gasteiger partial charge on any atom is 0.310 e. The Bertz CT molecular complexity index is 491. The molecule has 0 amide bonds. The van der Waals surface area contributed by atoms with Crippen LogP contribution in [0.3, 0.4) is 0 Å². The predicted octanol–water partition coefficient (Wildman–Crippen LogP) is 0.966. The summed E-state index contributed by atoms with van der Waals surface area (Å²) in [4.78, 5) is 24.1. The lowest BCUT2D eigenvalue weighted by molar-refractivity contribution is -0.145. The summed E-state index contributed by atoms with van der Waals surface area (Å²) in [6.07, 6.45) is 0. The molecule has 2 saturated heterocycles. The van der Waals surface area contributed by atoms with Crippen LogP contribution in [0.15, 0.2) is 4.99 Å². The summed E-state index contributed by atoms with van der Waals surface area (Å²) in [6.45, 7) is 18.8. The van der Waals surface area contributed by atoms with Gasteiger partial charge in [0.25, 0.3) is 0 Å². The highest BCUT2D eigenvalue weighted by Crippen LogP contribution is 2.24. The summed E-state index contributed by atoms with van der Waals surface area (Å²) in [6, 6.07) is 0. The molecule has 1 N–H and O–H groups in total. The lowest BCUT2D eigenvalue weighted by Gasteiger charge is -2.35. The van der Waals surface area contributed by atoms with E-state index in [0.717, 1.165) is 51.8 Å². The Morgan fingerprint density at radius 2 is 1.85 bits per heavy atom. The molecule has 7 heteroatoms. The number of nitrogens with zero attached hydrogens (tertiary/aromatic N) is 4. The SMILES string of the molecule is CCNC(=NCC(C)CN1CCN(CC)CC1)N1CC(C)C(C(=O)OC)C1. The molecule has 27 heavy (non-hydrogen) atoms. The zero-order chi connectivity index (χ0) is 19.8. The summed E-state index contributed by atoms with van der Waals surface area (Å²) < 4.78 is 4.96. The van der Waals surface area contributed by atoms with Gasteiger partial charge in [0.2, 0.25) is 0 Å². The Kier molecular flexibility index (Phi) is 8.83. The van der Waals surface area contributed by atoms with Crippen molar-refractivity contribution in [3.8, 4) is 0 Å². The molecule has 0 radical (unpaired) electrons. The van der Waals surface area contributed by atoms with Crippen LogP contribution in [0.2, 0.25) is 0 Å². The molecule has 0 aromatic heterocycles. The van der Waals surface area contributed by atoms with Crippen LogP contribution < -0.4 is 5.32 Å². The van der Waals surface area contributed by atoms with Gasteiger partial charge in [0.15, 0.2) is 5.96 Å². The topological polar surface area (TPSA) is 60.4 Å². The number of guanidine groups is 1. The fourth-order valence-corrected chi connectivity index (χ4v) is 4.05. The highest BCUT2D eigenvalue weighted by Gasteiger charge is 2.36. The van der Waals surface area contributed by atoms with Crippen molar-refractivity contribution >= 4 is 11.9 Å². The molecule has 7 nitrogen and oxygen atoms in total. The smallest absolute Gasteiger partial charge is 0.310 e. The largest absolute Gasteiger partial charge is 0.469 e. The van der Waals surface area contributed by atoms with E-state index in [1.807, 2.05) is 0 Å². The van der Waals surface area contributed by atoms with Crippen molar-refractivity contribution in [2.75, 3.05) is 72.6 Å². The number of hydrogen-bond acceptors (Lipinski definition) is 5. The van der Waals surface area contributed by atoms with Gasteiger partial charge in [-0.15, -0.1) is 0 Å². The fourth-order valence-electron chi connectivity index (χ4n) is 4.05. The van der Waals surface area contributed by atoms with Crippen LogP contribution in [0.1, 0.15) is 27.7 Å². The first-order valence-corrected chi connectivity index (χ1v) is 10.5. The number of carbonyl (C=O) groups is 1. The summed E-state index contributed by atoms with van der Waals surface area (Å²) in [5.74, 6) is 1.56. The molecule has 0 aromatic carbocycles. The Morgan fingerprint density at radius 3 is 2.44 bits per heavy atom. The number of ether oxygens (including phenoxy) is 1. The van der Waals surface area contributed by atoms with E-state index in [2.05, 4.69) is 47.7 Å². The number of aliphatic imine (C=N–C) groups is 1. The maximum absolute atomic E-state index is 12.0. The van der Waals surface area contributed by atoms with Gasteiger partial charge in [-0.05, 0) is 25.3 Å². The van der Waals surface area contributed by atoms with Crippen LogP contribution >= 0.6 is 0 Å². The van der Waals surface area contributed by atoms with E-state index in [1.165, 1.54) is 20.2 Å². The second kappa shape index (κ2) is 10.9. The predicted molar refractivity (Wildman–Crippen MR) is 110 cm³/mol. The molecule has 2 aliphatic rings. The molecule has 2 heterocycles. The van der Waals surface area contributed by atoms with Crippen LogP contribution in [0.4, 0.5) is 0 Å². The second-order valence-corrected chi connectivity index (χ2v) is 8.05. The molecule has 0 saturated carbocycles. The molecule has 2 fully saturated rings. The standard InChI is InChI=1S/C20H39N5O2/c1-6-21-20(25-14-17(4)18(15-25)19(26)27-5)22-12-16(3)13-24-10-8-23(7-2)9-11-24/h16-18H,6-15H2,1-5H3,(H,21,22). The number of likely N-dealkylation sites (tertiary alicyclic amines) is 1. The number of nitrogens with one attached hydrogen (secondary N) is 1. The molecule has 0 aromatic rings. The van der Waals surface area contributed by atoms with Crippen molar-refractivity contribution < 1.29 is 9.53 Å². The van der Waals surface area contributed by atoms with E-state index < -0.39 is 0 Å². The number of likely N-dealkylation sites (N-methyl/N-ethyl adjacent to an activating group) is 1. The molecule has 0 bridgehead atoms. The molecule has 3 unspecified atom stereocenters. The summed E-state index contributed by atoms with van der Waals surface area (Å²) in [5.41, 5.74) is 0. The van der Waals surface area contributed by atoms with Gasteiger partial charge >= 0.3 is 5.97 Å². The van der Waals surface area contributed by atoms with Gasteiger partial charge in [0.05, 0.1) is 13.0 Å². The Balaban J connectivity index is 1.86. The van der Waals surface area contributed by atoms with E-state index in [1.54, 1.807) is 0 Å². The normalized spacial score (nSPS) is 26.3. The van der Waals surface area contributed by atoms with Crippen molar-refractivity contribution in [1.29, 1.82) is 0 Å². The number of esters is 1. The summed E-state index contributed by atoms with van der Waals surface area (Å²) in [5, 5.41) is 3.40. The number of rotatable bonds is 7. The van der Waals surface area contributed by atoms with Crippen LogP contribution in [0.25, 0.3) is 0 Å². The third kappa shape index (κ3) is 6.35. The van der Waals surface area contributed by atoms with Gasteiger partial charge < -0.3 is 24.8 Å². The molecule has 156 valence electrons. The first-order valence-electron chi connectivity index (χ1n) is 10.5. The minimum atomic E-state index is -0.111. The Morgan fingerprint density at radius 1 is 1.19 bits per heavy atom. The van der Waals surface area contributed by atoms with Crippen LogP contribution in [-0.4, -0.2) is 99.2 Å². The average Bonchev–Trinajstić information content (AvgIpc) is 3.06. The van der Waals surface area contributed by atoms with Crippen LogP contribution in [0.5, 0.6) is 0 Å². The van der Waals surface area contributed by atoms with E-state index in [9.17, 15) is 4.79 Å². The Hall–Kier alpha value is -1.34. The highest BCUT2D eigenvalue weighted by atomic mass is 16.5. The first-order chi connectivity index (χ1) is 13.0. The number of piperazine rings is 1. The molecule has 0 spiro atoms. The van der Waals surface area contributed by atoms with Crippen molar-refractivity contribution in [3.05, 3.63) is 0 Å². The Labute approximate surface area is 165 Å². The maximum atomic E-state index is 12.0. The van der Waals surface area contributed by atoms with E-state index >= 15 is 0 Å². The van der Waals surface area contributed by atoms with Crippen molar-refractivity contribution in [2.24, 2.45) is 22.7 Å². The van der Waals surface area contributed by atoms with Gasteiger partial charge in [-0.3, -0.25) is 9.79 Å². The first kappa shape index (κ1) is 22.0. The number of hydrogen-bond donors (Lipinski definition) is 1. The van der Waals surface area contributed by atoms with Crippen LogP contribution in [-0.2, 0) is 9.53 Å². The quantitative estimate of drug-likeness (QED) is 0.403. The zero-order valence-electron chi connectivity index (χ0n) is 17.9. The van der Waals surface area contributed by atoms with Gasteiger partial charge in [0.1, 0.15) is 0 Å². The minimum Gasteiger partial charge on any atom is -0.469 e. The van der Waals surface area contributed by atoms with E-state index in [-0.39, 0.29) is 17.8 Å². The van der Waals surface area contributed by atoms with Crippen molar-refractivity contribution in [3.63, 3.8) is 0 Å². The third-order valence-electron chi connectivity index (χ3n) is 5.79. The third-order valence-corrected chi connectivity index (χ3v) is 5.79. The lowest BCUT2D eigenvalue weighted by atomic mass is 9.99. The fraction of sp³-hybridized carbons (Fsp3) is 0.900. The zero-order valence-corrected chi connectivity index (χ0v) is 17.9. The monoisotopic (exact) mass is 381 g/mol. The summed E-state index contributed by atoms with van der Waals surface area (Å²) in [7, 11) is 1.47. The molecule has 3 atom stereocenters. The molecular formula is C20H39N5O2. The van der Waals surface area contributed by atoms with Gasteiger partial charge in [-0.1, -0.05) is 20.8 Å². The molecular weight excluding hydrogens is 342 g/mol. The van der Waals surface area contributed by atoms with E-state index in [0.29, 0.717) is 12.5 Å². The molecule has 0 aliphatic carbocycles. The van der Waals surface area contributed by atoms with Crippen LogP contribution in [0, 0.1) is 17.8 Å². The lowest BCUT2D eigenvalue weighted by Crippen LogP contribution is -2.47.